The molecule has 222 valence electrons. The van der Waals surface area contributed by atoms with Crippen LogP contribution in [0.3, 0.4) is 0 Å². The van der Waals surface area contributed by atoms with Crippen LogP contribution in [0, 0.1) is 5.41 Å². The summed E-state index contributed by atoms with van der Waals surface area (Å²) in [5.41, 5.74) is 1.59. The van der Waals surface area contributed by atoms with Crippen LogP contribution in [-0.2, 0) is 14.9 Å². The van der Waals surface area contributed by atoms with Gasteiger partial charge in [-0.05, 0) is 53.5 Å². The summed E-state index contributed by atoms with van der Waals surface area (Å²) in [6, 6.07) is 15.0. The Balaban J connectivity index is 1.39. The fourth-order valence-electron chi connectivity index (χ4n) is 5.07. The molecule has 1 heterocycles. The Morgan fingerprint density at radius 3 is 2.40 bits per heavy atom. The number of fused-ring (bicyclic) bond motifs is 1. The van der Waals surface area contributed by atoms with Gasteiger partial charge in [0.15, 0.2) is 5.75 Å². The number of benzene rings is 3. The van der Waals surface area contributed by atoms with Gasteiger partial charge in [-0.2, -0.15) is 0 Å². The van der Waals surface area contributed by atoms with Gasteiger partial charge in [0.25, 0.3) is 11.8 Å². The maximum absolute atomic E-state index is 13.5. The highest BCUT2D eigenvalue weighted by molar-refractivity contribution is 6.49. The molecule has 3 aromatic rings. The molecule has 1 saturated heterocycles. The van der Waals surface area contributed by atoms with E-state index in [1.807, 2.05) is 63.2 Å². The number of methoxy groups -OCH3 is 1. The van der Waals surface area contributed by atoms with Crippen LogP contribution in [0.2, 0.25) is 0 Å². The lowest BCUT2D eigenvalue weighted by Crippen LogP contribution is -2.38. The fraction of sp³-hybridized carbons (Fsp3) is 0.424. The first-order chi connectivity index (χ1) is 20.2. The van der Waals surface area contributed by atoms with Crippen LogP contribution < -0.4 is 20.1 Å². The Hall–Kier alpha value is -3.95. The molecular formula is C33H40N4O5. The molecule has 0 atom stereocenters. The number of hydrogen-bond donors (Lipinski definition) is 3. The zero-order valence-corrected chi connectivity index (χ0v) is 24.8. The second-order valence-corrected chi connectivity index (χ2v) is 11.9. The van der Waals surface area contributed by atoms with Crippen LogP contribution in [0.5, 0.6) is 11.5 Å². The van der Waals surface area contributed by atoms with Crippen molar-refractivity contribution < 1.29 is 23.8 Å². The number of carbonyl (C=O) groups is 2. The van der Waals surface area contributed by atoms with Crippen molar-refractivity contribution in [3.63, 3.8) is 0 Å². The van der Waals surface area contributed by atoms with Crippen LogP contribution in [0.25, 0.3) is 10.8 Å². The third-order valence-corrected chi connectivity index (χ3v) is 7.71. The third kappa shape index (κ3) is 6.74. The highest BCUT2D eigenvalue weighted by atomic mass is 16.5. The van der Waals surface area contributed by atoms with E-state index in [-0.39, 0.29) is 28.8 Å². The Bertz CT molecular complexity index is 1490. The summed E-state index contributed by atoms with van der Waals surface area (Å²) in [5, 5.41) is 16.3. The average Bonchev–Trinajstić information content (AvgIpc) is 3.80. The van der Waals surface area contributed by atoms with Gasteiger partial charge in [-0.3, -0.25) is 19.9 Å². The van der Waals surface area contributed by atoms with E-state index in [4.69, 9.17) is 19.6 Å². The Morgan fingerprint density at radius 1 is 1.02 bits per heavy atom. The summed E-state index contributed by atoms with van der Waals surface area (Å²) >= 11 is 0. The molecule has 0 unspecified atom stereocenters. The minimum atomic E-state index is -0.598. The monoisotopic (exact) mass is 572 g/mol. The number of nitrogens with one attached hydrogen (secondary N) is 3. The molecule has 42 heavy (non-hydrogen) atoms. The molecule has 2 amide bonds. The molecule has 5 rings (SSSR count). The van der Waals surface area contributed by atoms with Crippen molar-refractivity contribution >= 4 is 34.0 Å². The second kappa shape index (κ2) is 12.5. The highest BCUT2D eigenvalue weighted by Crippen LogP contribution is 2.36. The molecule has 0 spiro atoms. The van der Waals surface area contributed by atoms with Crippen molar-refractivity contribution in [3.05, 3.63) is 65.2 Å². The lowest BCUT2D eigenvalue weighted by Gasteiger charge is -2.26. The van der Waals surface area contributed by atoms with Gasteiger partial charge in [0.2, 0.25) is 0 Å². The van der Waals surface area contributed by atoms with Crippen molar-refractivity contribution in [2.75, 3.05) is 51.9 Å². The normalized spacial score (nSPS) is 15.7. The molecule has 2 aliphatic rings. The van der Waals surface area contributed by atoms with E-state index in [1.165, 1.54) is 7.11 Å². The molecule has 3 N–H and O–H groups in total. The van der Waals surface area contributed by atoms with Gasteiger partial charge in [0.1, 0.15) is 18.1 Å². The van der Waals surface area contributed by atoms with Crippen molar-refractivity contribution in [2.45, 2.75) is 45.1 Å². The maximum Gasteiger partial charge on any atom is 0.274 e. The summed E-state index contributed by atoms with van der Waals surface area (Å²) in [6.07, 6.45) is 1.92. The summed E-state index contributed by atoms with van der Waals surface area (Å²) in [7, 11) is 1.48. The smallest absolute Gasteiger partial charge is 0.274 e. The molecule has 1 aliphatic carbocycles. The van der Waals surface area contributed by atoms with E-state index in [0.717, 1.165) is 62.0 Å². The van der Waals surface area contributed by atoms with Crippen molar-refractivity contribution in [1.29, 1.82) is 5.41 Å². The molecular weight excluding hydrogens is 532 g/mol. The molecule has 1 aliphatic heterocycles. The molecule has 9 heteroatoms. The van der Waals surface area contributed by atoms with Crippen LogP contribution >= 0.6 is 0 Å². The Labute approximate surface area is 247 Å². The van der Waals surface area contributed by atoms with Gasteiger partial charge in [-0.1, -0.05) is 45.0 Å². The molecule has 0 bridgehead atoms. The molecule has 3 aromatic carbocycles. The van der Waals surface area contributed by atoms with E-state index in [2.05, 4.69) is 15.5 Å². The number of ether oxygens (including phenoxy) is 3. The van der Waals surface area contributed by atoms with Gasteiger partial charge in [-0.15, -0.1) is 0 Å². The lowest BCUT2D eigenvalue weighted by atomic mass is 9.85. The van der Waals surface area contributed by atoms with Crippen molar-refractivity contribution in [1.82, 2.24) is 10.2 Å². The first kappa shape index (κ1) is 29.5. The van der Waals surface area contributed by atoms with E-state index in [9.17, 15) is 9.59 Å². The SMILES string of the molecule is COc1c(NC(=O)C(=N)c2ccc(OCCN3CCOCC3)c3ccccc23)cc(C(C)(C)C)cc1C(=O)NC1CC1. The number of hydrogen-bond acceptors (Lipinski definition) is 7. The fourth-order valence-corrected chi connectivity index (χ4v) is 5.07. The van der Waals surface area contributed by atoms with E-state index >= 15 is 0 Å². The van der Waals surface area contributed by atoms with Gasteiger partial charge in [0.05, 0.1) is 31.6 Å². The van der Waals surface area contributed by atoms with Crippen LogP contribution in [-0.4, -0.2) is 75.0 Å². The molecule has 0 aromatic heterocycles. The van der Waals surface area contributed by atoms with Gasteiger partial charge in [-0.25, -0.2) is 0 Å². The topological polar surface area (TPSA) is 113 Å². The first-order valence-corrected chi connectivity index (χ1v) is 14.5. The quantitative estimate of drug-likeness (QED) is 0.302. The number of amides is 2. The first-order valence-electron chi connectivity index (χ1n) is 14.5. The molecule has 2 fully saturated rings. The summed E-state index contributed by atoms with van der Waals surface area (Å²) in [6.45, 7) is 10.7. The van der Waals surface area contributed by atoms with Crippen molar-refractivity contribution in [2.24, 2.45) is 0 Å². The second-order valence-electron chi connectivity index (χ2n) is 11.9. The predicted octanol–water partition coefficient (Wildman–Crippen LogP) is 4.76. The lowest BCUT2D eigenvalue weighted by molar-refractivity contribution is -0.110. The maximum atomic E-state index is 13.5. The van der Waals surface area contributed by atoms with Gasteiger partial charge < -0.3 is 24.8 Å². The number of rotatable bonds is 10. The summed E-state index contributed by atoms with van der Waals surface area (Å²) < 4.78 is 17.2. The molecule has 1 saturated carbocycles. The van der Waals surface area contributed by atoms with Gasteiger partial charge in [0, 0.05) is 36.6 Å². The molecule has 9 nitrogen and oxygen atoms in total. The zero-order chi connectivity index (χ0) is 29.9. The van der Waals surface area contributed by atoms with Crippen LogP contribution in [0.4, 0.5) is 5.69 Å². The largest absolute Gasteiger partial charge is 0.494 e. The summed E-state index contributed by atoms with van der Waals surface area (Å²) in [5.74, 6) is 0.151. The Morgan fingerprint density at radius 2 is 1.74 bits per heavy atom. The average molecular weight is 573 g/mol. The summed E-state index contributed by atoms with van der Waals surface area (Å²) in [4.78, 5) is 29.0. The van der Waals surface area contributed by atoms with Crippen LogP contribution in [0.1, 0.15) is 55.1 Å². The van der Waals surface area contributed by atoms with E-state index in [0.29, 0.717) is 29.2 Å². The number of anilines is 1. The molecule has 0 radical (unpaired) electrons. The number of carbonyl (C=O) groups excluding carboxylic acids is 2. The predicted molar refractivity (Wildman–Crippen MR) is 164 cm³/mol. The third-order valence-electron chi connectivity index (χ3n) is 7.71. The van der Waals surface area contributed by atoms with Crippen LogP contribution in [0.15, 0.2) is 48.5 Å². The minimum absolute atomic E-state index is 0.173. The highest BCUT2D eigenvalue weighted by Gasteiger charge is 2.29. The zero-order valence-electron chi connectivity index (χ0n) is 24.8. The van der Waals surface area contributed by atoms with E-state index < -0.39 is 5.91 Å². The number of morpholine rings is 1. The standard InChI is InChI=1S/C33H40N4O5/c1-33(2,3)21-19-26(31(38)35-22-9-10-22)30(40-4)27(20-21)36-32(39)29(34)25-11-12-28(24-8-6-5-7-23(24)25)42-18-15-37-13-16-41-17-14-37/h5-8,11-12,19-20,22,34H,9-10,13-18H2,1-4H3,(H,35,38)(H,36,39). The number of nitrogens with zero attached hydrogens (tertiary/aromatic N) is 1. The van der Waals surface area contributed by atoms with E-state index in [1.54, 1.807) is 6.07 Å². The minimum Gasteiger partial charge on any atom is -0.494 e. The Kier molecular flexibility index (Phi) is 8.80. The van der Waals surface area contributed by atoms with Gasteiger partial charge >= 0.3 is 0 Å². The van der Waals surface area contributed by atoms with Crippen molar-refractivity contribution in [3.8, 4) is 11.5 Å².